The quantitative estimate of drug-likeness (QED) is 0.585. The zero-order chi connectivity index (χ0) is 17.7. The second-order valence-electron chi connectivity index (χ2n) is 7.41. The Hall–Kier alpha value is -1.62. The Balaban J connectivity index is 2.04. The van der Waals surface area contributed by atoms with Gasteiger partial charge in [-0.05, 0) is 39.0 Å². The third-order valence-electron chi connectivity index (χ3n) is 5.94. The highest BCUT2D eigenvalue weighted by atomic mass is 16.7. The molecule has 0 N–H and O–H groups in total. The van der Waals surface area contributed by atoms with Crippen LogP contribution >= 0.6 is 0 Å². The SMILES string of the molecule is C=C1CC[C@@H](OC(C)=O)[C@]2(C)C[C@]3(OCC)OC(=O)C(C)=C3C[C@@H]12. The van der Waals surface area contributed by atoms with Crippen molar-refractivity contribution in [3.05, 3.63) is 23.3 Å². The number of hydrogen-bond donors (Lipinski definition) is 0. The number of rotatable bonds is 3. The van der Waals surface area contributed by atoms with Crippen LogP contribution in [0.25, 0.3) is 0 Å². The van der Waals surface area contributed by atoms with E-state index in [2.05, 4.69) is 13.5 Å². The topological polar surface area (TPSA) is 61.8 Å². The number of carbonyl (C=O) groups is 2. The van der Waals surface area contributed by atoms with Gasteiger partial charge in [0.1, 0.15) is 6.10 Å². The van der Waals surface area contributed by atoms with Crippen LogP contribution < -0.4 is 0 Å². The second-order valence-corrected chi connectivity index (χ2v) is 7.41. The maximum Gasteiger partial charge on any atom is 0.336 e. The van der Waals surface area contributed by atoms with E-state index in [4.69, 9.17) is 14.2 Å². The van der Waals surface area contributed by atoms with Gasteiger partial charge in [-0.2, -0.15) is 0 Å². The average molecular weight is 334 g/mol. The molecule has 0 unspecified atom stereocenters. The van der Waals surface area contributed by atoms with Gasteiger partial charge in [0.2, 0.25) is 5.79 Å². The Kier molecular flexibility index (Phi) is 4.11. The molecule has 5 heteroatoms. The fourth-order valence-corrected chi connectivity index (χ4v) is 4.77. The summed E-state index contributed by atoms with van der Waals surface area (Å²) in [6, 6.07) is 0. The molecule has 24 heavy (non-hydrogen) atoms. The van der Waals surface area contributed by atoms with Gasteiger partial charge in [-0.3, -0.25) is 4.79 Å². The van der Waals surface area contributed by atoms with Crippen LogP contribution in [0.2, 0.25) is 0 Å². The molecule has 0 bridgehead atoms. The van der Waals surface area contributed by atoms with Crippen LogP contribution in [-0.2, 0) is 23.8 Å². The Morgan fingerprint density at radius 3 is 2.79 bits per heavy atom. The van der Waals surface area contributed by atoms with Gasteiger partial charge < -0.3 is 14.2 Å². The van der Waals surface area contributed by atoms with Gasteiger partial charge in [-0.25, -0.2) is 4.79 Å². The second kappa shape index (κ2) is 5.73. The summed E-state index contributed by atoms with van der Waals surface area (Å²) in [6.07, 6.45) is 2.53. The minimum atomic E-state index is -1.02. The lowest BCUT2D eigenvalue weighted by atomic mass is 9.55. The van der Waals surface area contributed by atoms with Crippen LogP contribution in [0.1, 0.15) is 53.4 Å². The molecule has 2 aliphatic carbocycles. The van der Waals surface area contributed by atoms with E-state index < -0.39 is 5.79 Å². The summed E-state index contributed by atoms with van der Waals surface area (Å²) >= 11 is 0. The fourth-order valence-electron chi connectivity index (χ4n) is 4.77. The summed E-state index contributed by atoms with van der Waals surface area (Å²) in [4.78, 5) is 23.8. The first-order valence-electron chi connectivity index (χ1n) is 8.66. The number of allylic oxidation sites excluding steroid dienone is 1. The molecule has 1 aliphatic heterocycles. The predicted molar refractivity (Wildman–Crippen MR) is 87.9 cm³/mol. The molecule has 132 valence electrons. The largest absolute Gasteiger partial charge is 0.462 e. The molecule has 3 rings (SSSR count). The first-order chi connectivity index (χ1) is 11.2. The molecule has 0 saturated heterocycles. The molecule has 1 heterocycles. The third-order valence-corrected chi connectivity index (χ3v) is 5.94. The monoisotopic (exact) mass is 334 g/mol. The van der Waals surface area contributed by atoms with Crippen molar-refractivity contribution < 1.29 is 23.8 Å². The lowest BCUT2D eigenvalue weighted by Gasteiger charge is -2.54. The summed E-state index contributed by atoms with van der Waals surface area (Å²) in [5.74, 6) is -1.45. The number of fused-ring (bicyclic) bond motifs is 2. The molecule has 0 radical (unpaired) electrons. The average Bonchev–Trinajstić information content (AvgIpc) is 2.71. The third kappa shape index (κ3) is 2.41. The highest BCUT2D eigenvalue weighted by molar-refractivity contribution is 5.92. The van der Waals surface area contributed by atoms with E-state index in [9.17, 15) is 9.59 Å². The summed E-state index contributed by atoms with van der Waals surface area (Å²) in [5, 5.41) is 0. The van der Waals surface area contributed by atoms with E-state index in [0.717, 1.165) is 24.0 Å². The molecular formula is C19H26O5. The van der Waals surface area contributed by atoms with Crippen molar-refractivity contribution in [1.29, 1.82) is 0 Å². The lowest BCUT2D eigenvalue weighted by Crippen LogP contribution is -2.56. The van der Waals surface area contributed by atoms with Gasteiger partial charge in [-0.15, -0.1) is 0 Å². The molecule has 3 aliphatic rings. The van der Waals surface area contributed by atoms with Gasteiger partial charge in [0.25, 0.3) is 0 Å². The minimum absolute atomic E-state index is 0.156. The zero-order valence-electron chi connectivity index (χ0n) is 14.9. The summed E-state index contributed by atoms with van der Waals surface area (Å²) < 4.78 is 17.3. The number of esters is 2. The molecule has 2 fully saturated rings. The van der Waals surface area contributed by atoms with Crippen molar-refractivity contribution >= 4 is 11.9 Å². The molecule has 0 amide bonds. The maximum absolute atomic E-state index is 12.2. The van der Waals surface area contributed by atoms with E-state index in [1.165, 1.54) is 6.92 Å². The highest BCUT2D eigenvalue weighted by Gasteiger charge is 2.61. The van der Waals surface area contributed by atoms with Crippen LogP contribution in [0.4, 0.5) is 0 Å². The Morgan fingerprint density at radius 2 is 2.17 bits per heavy atom. The Morgan fingerprint density at radius 1 is 1.46 bits per heavy atom. The van der Waals surface area contributed by atoms with Crippen LogP contribution in [0, 0.1) is 11.3 Å². The van der Waals surface area contributed by atoms with Crippen LogP contribution in [0.3, 0.4) is 0 Å². The van der Waals surface area contributed by atoms with Crippen molar-refractivity contribution in [2.24, 2.45) is 11.3 Å². The predicted octanol–water partition coefficient (Wildman–Crippen LogP) is 3.29. The van der Waals surface area contributed by atoms with E-state index in [0.29, 0.717) is 25.0 Å². The van der Waals surface area contributed by atoms with Crippen LogP contribution in [0.5, 0.6) is 0 Å². The minimum Gasteiger partial charge on any atom is -0.462 e. The molecule has 0 aromatic heterocycles. The first-order valence-corrected chi connectivity index (χ1v) is 8.66. The van der Waals surface area contributed by atoms with Gasteiger partial charge in [0.15, 0.2) is 0 Å². The molecule has 4 atom stereocenters. The van der Waals surface area contributed by atoms with Crippen molar-refractivity contribution in [3.8, 4) is 0 Å². The Labute approximate surface area is 143 Å². The van der Waals surface area contributed by atoms with E-state index in [1.54, 1.807) is 6.92 Å². The molecule has 0 spiro atoms. The van der Waals surface area contributed by atoms with Crippen molar-refractivity contribution in [2.75, 3.05) is 6.61 Å². The summed E-state index contributed by atoms with van der Waals surface area (Å²) in [7, 11) is 0. The van der Waals surface area contributed by atoms with Crippen molar-refractivity contribution in [1.82, 2.24) is 0 Å². The molecule has 5 nitrogen and oxygen atoms in total. The first kappa shape index (κ1) is 17.2. The number of hydrogen-bond acceptors (Lipinski definition) is 5. The number of ether oxygens (including phenoxy) is 3. The van der Waals surface area contributed by atoms with Gasteiger partial charge in [0.05, 0.1) is 0 Å². The maximum atomic E-state index is 12.2. The molecule has 0 aromatic rings. The Bertz CT molecular complexity index is 634. The van der Waals surface area contributed by atoms with Gasteiger partial charge >= 0.3 is 11.9 Å². The lowest BCUT2D eigenvalue weighted by molar-refractivity contribution is -0.237. The van der Waals surface area contributed by atoms with E-state index >= 15 is 0 Å². The number of carbonyl (C=O) groups excluding carboxylic acids is 2. The highest BCUT2D eigenvalue weighted by Crippen LogP contribution is 2.60. The molecule has 0 aromatic carbocycles. The van der Waals surface area contributed by atoms with Gasteiger partial charge in [-0.1, -0.05) is 19.1 Å². The van der Waals surface area contributed by atoms with E-state index in [1.807, 2.05) is 6.92 Å². The normalized spacial score (nSPS) is 38.5. The standard InChI is InChI=1S/C19H26O5/c1-6-22-19-10-18(5)14(9-15(19)12(3)17(21)24-19)11(2)7-8-16(18)23-13(4)20/h14,16H,2,6-10H2,1,3-5H3/t14-,16+,18+,19-/m0/s1. The van der Waals surface area contributed by atoms with Crippen LogP contribution in [-0.4, -0.2) is 30.4 Å². The summed E-state index contributed by atoms with van der Waals surface area (Å²) in [5.41, 5.74) is 2.38. The zero-order valence-corrected chi connectivity index (χ0v) is 14.9. The van der Waals surface area contributed by atoms with E-state index in [-0.39, 0.29) is 29.4 Å². The summed E-state index contributed by atoms with van der Waals surface area (Å²) in [6.45, 7) is 11.9. The van der Waals surface area contributed by atoms with Crippen LogP contribution in [0.15, 0.2) is 23.3 Å². The van der Waals surface area contributed by atoms with Gasteiger partial charge in [0, 0.05) is 36.5 Å². The van der Waals surface area contributed by atoms with Crippen molar-refractivity contribution in [2.45, 2.75) is 65.3 Å². The fraction of sp³-hybridized carbons (Fsp3) is 0.684. The van der Waals surface area contributed by atoms with Crippen molar-refractivity contribution in [3.63, 3.8) is 0 Å². The molecular weight excluding hydrogens is 308 g/mol. The smallest absolute Gasteiger partial charge is 0.336 e. The molecule has 2 saturated carbocycles.